The Bertz CT molecular complexity index is 379. The van der Waals surface area contributed by atoms with Gasteiger partial charge in [0.1, 0.15) is 0 Å². The van der Waals surface area contributed by atoms with Gasteiger partial charge in [-0.25, -0.2) is 4.79 Å². The molecule has 19 heavy (non-hydrogen) atoms. The van der Waals surface area contributed by atoms with Crippen LogP contribution in [0.5, 0.6) is 0 Å². The lowest BCUT2D eigenvalue weighted by molar-refractivity contribution is -0.140. The Balaban J connectivity index is 1.59. The molecular formula is C13H21N3O3. The number of aliphatic carboxylic acids is 1. The number of carbonyl (C=O) groups excluding carboxylic acids is 1. The molecular weight excluding hydrogens is 246 g/mol. The second kappa shape index (κ2) is 6.06. The summed E-state index contributed by atoms with van der Waals surface area (Å²) in [4.78, 5) is 24.6. The molecule has 0 saturated heterocycles. The molecule has 2 aliphatic rings. The maximum atomic E-state index is 11.6. The quantitative estimate of drug-likeness (QED) is 0.609. The molecule has 0 heterocycles. The van der Waals surface area contributed by atoms with Crippen molar-refractivity contribution in [1.82, 2.24) is 15.5 Å². The van der Waals surface area contributed by atoms with Gasteiger partial charge in [-0.15, -0.1) is 0 Å². The molecule has 1 fully saturated rings. The minimum absolute atomic E-state index is 0.178. The molecule has 2 rings (SSSR count). The van der Waals surface area contributed by atoms with Gasteiger partial charge in [-0.2, -0.15) is 0 Å². The van der Waals surface area contributed by atoms with Crippen molar-refractivity contribution >= 4 is 12.0 Å². The van der Waals surface area contributed by atoms with Gasteiger partial charge in [-0.3, -0.25) is 4.79 Å². The number of nitrogens with zero attached hydrogens (tertiary/aromatic N) is 1. The predicted molar refractivity (Wildman–Crippen MR) is 70.9 cm³/mol. The van der Waals surface area contributed by atoms with Crippen molar-refractivity contribution in [2.45, 2.75) is 31.3 Å². The molecule has 2 atom stereocenters. The largest absolute Gasteiger partial charge is 0.481 e. The Hall–Kier alpha value is -1.56. The van der Waals surface area contributed by atoms with E-state index < -0.39 is 11.9 Å². The third-order valence-corrected chi connectivity index (χ3v) is 3.64. The summed E-state index contributed by atoms with van der Waals surface area (Å²) < 4.78 is 0. The van der Waals surface area contributed by atoms with E-state index in [0.717, 1.165) is 6.54 Å². The van der Waals surface area contributed by atoms with Crippen LogP contribution in [0.4, 0.5) is 4.79 Å². The molecule has 2 aliphatic carbocycles. The predicted octanol–water partition coefficient (Wildman–Crippen LogP) is 0.409. The van der Waals surface area contributed by atoms with Crippen molar-refractivity contribution in [3.63, 3.8) is 0 Å². The summed E-state index contributed by atoms with van der Waals surface area (Å²) in [5.74, 6) is -1.32. The lowest BCUT2D eigenvalue weighted by atomic mass is 10.1. The van der Waals surface area contributed by atoms with E-state index in [0.29, 0.717) is 19.0 Å². The highest BCUT2D eigenvalue weighted by molar-refractivity contribution is 5.76. The minimum Gasteiger partial charge on any atom is -0.481 e. The SMILES string of the molecule is CN(CCNC(=O)NC1C=CC(C(=O)O)C1)C1CC1. The van der Waals surface area contributed by atoms with Crippen LogP contribution in [0.15, 0.2) is 12.2 Å². The summed E-state index contributed by atoms with van der Waals surface area (Å²) in [5.41, 5.74) is 0. The molecule has 0 spiro atoms. The number of urea groups is 1. The standard InChI is InChI=1S/C13H21N3O3/c1-16(11-4-5-11)7-6-14-13(19)15-10-3-2-9(8-10)12(17)18/h2-3,9-11H,4-8H2,1H3,(H,17,18)(H2,14,15,19). The molecule has 0 radical (unpaired) electrons. The summed E-state index contributed by atoms with van der Waals surface area (Å²) in [5, 5.41) is 14.4. The Kier molecular flexibility index (Phi) is 4.42. The first-order valence-electron chi connectivity index (χ1n) is 6.72. The van der Waals surface area contributed by atoms with Crippen LogP contribution in [-0.2, 0) is 4.79 Å². The Labute approximate surface area is 112 Å². The minimum atomic E-state index is -0.841. The molecule has 106 valence electrons. The van der Waals surface area contributed by atoms with Crippen LogP contribution >= 0.6 is 0 Å². The summed E-state index contributed by atoms with van der Waals surface area (Å²) in [6.45, 7) is 1.45. The van der Waals surface area contributed by atoms with Crippen molar-refractivity contribution in [3.8, 4) is 0 Å². The highest BCUT2D eigenvalue weighted by Gasteiger charge is 2.26. The number of amides is 2. The van der Waals surface area contributed by atoms with E-state index in [2.05, 4.69) is 22.6 Å². The Morgan fingerprint density at radius 1 is 1.37 bits per heavy atom. The van der Waals surface area contributed by atoms with E-state index in [1.165, 1.54) is 12.8 Å². The fourth-order valence-corrected chi connectivity index (χ4v) is 2.25. The molecule has 0 aliphatic heterocycles. The van der Waals surface area contributed by atoms with Crippen LogP contribution < -0.4 is 10.6 Å². The van der Waals surface area contributed by atoms with Gasteiger partial charge in [-0.1, -0.05) is 12.2 Å². The fourth-order valence-electron chi connectivity index (χ4n) is 2.25. The molecule has 0 aromatic heterocycles. The van der Waals surface area contributed by atoms with Gasteiger partial charge in [-0.05, 0) is 26.3 Å². The zero-order chi connectivity index (χ0) is 13.8. The van der Waals surface area contributed by atoms with Crippen molar-refractivity contribution < 1.29 is 14.7 Å². The van der Waals surface area contributed by atoms with Crippen molar-refractivity contribution in [2.24, 2.45) is 5.92 Å². The Morgan fingerprint density at radius 3 is 2.68 bits per heavy atom. The number of carbonyl (C=O) groups is 2. The fraction of sp³-hybridized carbons (Fsp3) is 0.692. The van der Waals surface area contributed by atoms with Gasteiger partial charge < -0.3 is 20.6 Å². The lowest BCUT2D eigenvalue weighted by Gasteiger charge is -2.17. The van der Waals surface area contributed by atoms with Gasteiger partial charge >= 0.3 is 12.0 Å². The molecule has 0 bridgehead atoms. The first kappa shape index (κ1) is 13.9. The summed E-state index contributed by atoms with van der Waals surface area (Å²) in [7, 11) is 2.06. The highest BCUT2D eigenvalue weighted by Crippen LogP contribution is 2.24. The zero-order valence-corrected chi connectivity index (χ0v) is 11.1. The molecule has 2 amide bonds. The van der Waals surface area contributed by atoms with Gasteiger partial charge in [0, 0.05) is 19.1 Å². The average molecular weight is 267 g/mol. The number of likely N-dealkylation sites (N-methyl/N-ethyl adjacent to an activating group) is 1. The van der Waals surface area contributed by atoms with Crippen molar-refractivity contribution in [1.29, 1.82) is 0 Å². The Morgan fingerprint density at radius 2 is 2.11 bits per heavy atom. The topological polar surface area (TPSA) is 81.7 Å². The van der Waals surface area contributed by atoms with E-state index in [1.54, 1.807) is 12.2 Å². The van der Waals surface area contributed by atoms with E-state index in [-0.39, 0.29) is 12.1 Å². The van der Waals surface area contributed by atoms with E-state index in [1.807, 2.05) is 0 Å². The molecule has 1 saturated carbocycles. The normalized spacial score (nSPS) is 25.6. The lowest BCUT2D eigenvalue weighted by Crippen LogP contribution is -2.43. The smallest absolute Gasteiger partial charge is 0.315 e. The zero-order valence-electron chi connectivity index (χ0n) is 11.1. The number of hydrogen-bond acceptors (Lipinski definition) is 3. The van der Waals surface area contributed by atoms with Crippen LogP contribution in [0.2, 0.25) is 0 Å². The van der Waals surface area contributed by atoms with E-state index in [9.17, 15) is 9.59 Å². The average Bonchev–Trinajstić information content (AvgIpc) is 3.10. The number of rotatable bonds is 6. The van der Waals surface area contributed by atoms with Gasteiger partial charge in [0.05, 0.1) is 12.0 Å². The highest BCUT2D eigenvalue weighted by atomic mass is 16.4. The third-order valence-electron chi connectivity index (χ3n) is 3.64. The summed E-state index contributed by atoms with van der Waals surface area (Å²) in [6, 6.07) is 0.283. The number of nitrogens with one attached hydrogen (secondary N) is 2. The van der Waals surface area contributed by atoms with Crippen molar-refractivity contribution in [3.05, 3.63) is 12.2 Å². The second-order valence-electron chi connectivity index (χ2n) is 5.28. The number of carboxylic acid groups (broad SMARTS) is 1. The molecule has 2 unspecified atom stereocenters. The summed E-state index contributed by atoms with van der Waals surface area (Å²) >= 11 is 0. The van der Waals surface area contributed by atoms with Gasteiger partial charge in [0.25, 0.3) is 0 Å². The van der Waals surface area contributed by atoms with E-state index in [4.69, 9.17) is 5.11 Å². The molecule has 6 heteroatoms. The first-order chi connectivity index (χ1) is 9.06. The molecule has 6 nitrogen and oxygen atoms in total. The third kappa shape index (κ3) is 4.24. The van der Waals surface area contributed by atoms with Gasteiger partial charge in [0.2, 0.25) is 0 Å². The molecule has 3 N–H and O–H groups in total. The summed E-state index contributed by atoms with van der Waals surface area (Å²) in [6.07, 6.45) is 6.33. The molecule has 0 aromatic carbocycles. The molecule has 0 aromatic rings. The van der Waals surface area contributed by atoms with Crippen molar-refractivity contribution in [2.75, 3.05) is 20.1 Å². The van der Waals surface area contributed by atoms with E-state index >= 15 is 0 Å². The van der Waals surface area contributed by atoms with Gasteiger partial charge in [0.15, 0.2) is 0 Å². The van der Waals surface area contributed by atoms with Crippen LogP contribution in [0.25, 0.3) is 0 Å². The second-order valence-corrected chi connectivity index (χ2v) is 5.28. The first-order valence-corrected chi connectivity index (χ1v) is 6.72. The van der Waals surface area contributed by atoms with Crippen LogP contribution in [0, 0.1) is 5.92 Å². The monoisotopic (exact) mass is 267 g/mol. The number of hydrogen-bond donors (Lipinski definition) is 3. The van der Waals surface area contributed by atoms with Crippen LogP contribution in [-0.4, -0.2) is 54.2 Å². The number of carboxylic acids is 1. The van der Waals surface area contributed by atoms with Crippen LogP contribution in [0.3, 0.4) is 0 Å². The maximum Gasteiger partial charge on any atom is 0.315 e. The maximum absolute atomic E-state index is 11.6. The van der Waals surface area contributed by atoms with Crippen LogP contribution in [0.1, 0.15) is 19.3 Å².